The highest BCUT2D eigenvalue weighted by Crippen LogP contribution is 2.31. The summed E-state index contributed by atoms with van der Waals surface area (Å²) in [6.45, 7) is 4.12. The van der Waals surface area contributed by atoms with Gasteiger partial charge in [-0.2, -0.15) is 0 Å². The number of ether oxygens (including phenoxy) is 1. The van der Waals surface area contributed by atoms with Crippen molar-refractivity contribution in [3.63, 3.8) is 0 Å². The Morgan fingerprint density at radius 2 is 1.61 bits per heavy atom. The van der Waals surface area contributed by atoms with E-state index in [2.05, 4.69) is 23.1 Å². The second-order valence-corrected chi connectivity index (χ2v) is 6.49. The zero-order valence-electron chi connectivity index (χ0n) is 13.5. The standard InChI is InChI=1S/C20H24ClNO/c21-19-12-6-5-11-18(19)20(17-9-3-1-4-10-17)23-16-15-22-13-7-2-8-14-22/h1,3-6,9-12,20H,2,7-8,13-16H2. The highest BCUT2D eigenvalue weighted by Gasteiger charge is 2.18. The van der Waals surface area contributed by atoms with Crippen LogP contribution in [-0.2, 0) is 4.74 Å². The lowest BCUT2D eigenvalue weighted by Gasteiger charge is -2.27. The predicted molar refractivity (Wildman–Crippen MR) is 96.0 cm³/mol. The third kappa shape index (κ3) is 4.57. The molecule has 0 bridgehead atoms. The molecule has 0 aromatic heterocycles. The van der Waals surface area contributed by atoms with E-state index in [1.807, 2.05) is 36.4 Å². The van der Waals surface area contributed by atoms with Gasteiger partial charge in [0.2, 0.25) is 0 Å². The zero-order chi connectivity index (χ0) is 15.9. The first kappa shape index (κ1) is 16.5. The molecule has 1 unspecified atom stereocenters. The van der Waals surface area contributed by atoms with Crippen LogP contribution in [0.15, 0.2) is 54.6 Å². The van der Waals surface area contributed by atoms with E-state index in [-0.39, 0.29) is 6.10 Å². The van der Waals surface area contributed by atoms with Gasteiger partial charge < -0.3 is 9.64 Å². The maximum absolute atomic E-state index is 6.41. The largest absolute Gasteiger partial charge is 0.367 e. The minimum absolute atomic E-state index is 0.102. The Morgan fingerprint density at radius 1 is 0.913 bits per heavy atom. The van der Waals surface area contributed by atoms with Crippen LogP contribution in [0.3, 0.4) is 0 Å². The Balaban J connectivity index is 1.69. The summed E-state index contributed by atoms with van der Waals surface area (Å²) in [5.41, 5.74) is 2.19. The van der Waals surface area contributed by atoms with Crippen molar-refractivity contribution in [3.8, 4) is 0 Å². The number of hydrogen-bond donors (Lipinski definition) is 0. The van der Waals surface area contributed by atoms with E-state index < -0.39 is 0 Å². The first-order valence-corrected chi connectivity index (χ1v) is 8.86. The second kappa shape index (κ2) is 8.49. The van der Waals surface area contributed by atoms with Crippen LogP contribution in [-0.4, -0.2) is 31.1 Å². The van der Waals surface area contributed by atoms with E-state index in [1.54, 1.807) is 0 Å². The molecule has 122 valence electrons. The molecule has 1 atom stereocenters. The van der Waals surface area contributed by atoms with Gasteiger partial charge in [0.15, 0.2) is 0 Å². The van der Waals surface area contributed by atoms with Crippen LogP contribution in [0.1, 0.15) is 36.5 Å². The summed E-state index contributed by atoms with van der Waals surface area (Å²) in [6, 6.07) is 18.3. The average Bonchev–Trinajstić information content (AvgIpc) is 2.61. The van der Waals surface area contributed by atoms with Gasteiger partial charge in [0.25, 0.3) is 0 Å². The van der Waals surface area contributed by atoms with Crippen LogP contribution in [0, 0.1) is 0 Å². The number of rotatable bonds is 6. The SMILES string of the molecule is Clc1ccccc1C(OCCN1CCCCC1)c1ccccc1. The molecule has 2 aromatic carbocycles. The molecule has 0 N–H and O–H groups in total. The van der Waals surface area contributed by atoms with Gasteiger partial charge in [0.05, 0.1) is 6.61 Å². The first-order chi connectivity index (χ1) is 11.3. The lowest BCUT2D eigenvalue weighted by Crippen LogP contribution is -2.33. The molecule has 0 saturated carbocycles. The highest BCUT2D eigenvalue weighted by atomic mass is 35.5. The molecule has 1 saturated heterocycles. The molecular formula is C20H24ClNO. The molecule has 1 fully saturated rings. The molecule has 0 aliphatic carbocycles. The number of piperidine rings is 1. The Labute approximate surface area is 144 Å². The van der Waals surface area contributed by atoms with Crippen molar-refractivity contribution < 1.29 is 4.74 Å². The molecule has 0 radical (unpaired) electrons. The molecule has 3 heteroatoms. The number of halogens is 1. The molecule has 1 heterocycles. The third-order valence-electron chi connectivity index (χ3n) is 4.43. The zero-order valence-corrected chi connectivity index (χ0v) is 14.2. The molecule has 3 rings (SSSR count). The monoisotopic (exact) mass is 329 g/mol. The van der Waals surface area contributed by atoms with Crippen molar-refractivity contribution in [2.75, 3.05) is 26.2 Å². The van der Waals surface area contributed by atoms with E-state index in [4.69, 9.17) is 16.3 Å². The van der Waals surface area contributed by atoms with Gasteiger partial charge in [-0.05, 0) is 37.6 Å². The summed E-state index contributed by atoms with van der Waals surface area (Å²) in [7, 11) is 0. The highest BCUT2D eigenvalue weighted by molar-refractivity contribution is 6.31. The molecule has 1 aliphatic rings. The lowest BCUT2D eigenvalue weighted by atomic mass is 10.0. The summed E-state index contributed by atoms with van der Waals surface area (Å²) < 4.78 is 6.27. The Morgan fingerprint density at radius 3 is 2.35 bits per heavy atom. The minimum Gasteiger partial charge on any atom is -0.367 e. The van der Waals surface area contributed by atoms with Crippen LogP contribution < -0.4 is 0 Å². The molecule has 23 heavy (non-hydrogen) atoms. The first-order valence-electron chi connectivity index (χ1n) is 8.48. The van der Waals surface area contributed by atoms with E-state index in [0.29, 0.717) is 0 Å². The van der Waals surface area contributed by atoms with Crippen LogP contribution in [0.4, 0.5) is 0 Å². The Kier molecular flexibility index (Phi) is 6.09. The van der Waals surface area contributed by atoms with Crippen molar-refractivity contribution in [1.29, 1.82) is 0 Å². The van der Waals surface area contributed by atoms with Crippen molar-refractivity contribution in [1.82, 2.24) is 4.90 Å². The van der Waals surface area contributed by atoms with Gasteiger partial charge in [0, 0.05) is 17.1 Å². The normalized spacial score (nSPS) is 17.1. The van der Waals surface area contributed by atoms with E-state index in [0.717, 1.165) is 29.3 Å². The van der Waals surface area contributed by atoms with Crippen molar-refractivity contribution in [2.24, 2.45) is 0 Å². The molecule has 0 spiro atoms. The molecule has 2 aromatic rings. The van der Waals surface area contributed by atoms with Crippen LogP contribution in [0.5, 0.6) is 0 Å². The third-order valence-corrected chi connectivity index (χ3v) is 4.77. The summed E-state index contributed by atoms with van der Waals surface area (Å²) >= 11 is 6.41. The number of nitrogens with zero attached hydrogens (tertiary/aromatic N) is 1. The van der Waals surface area contributed by atoms with Crippen molar-refractivity contribution in [3.05, 3.63) is 70.7 Å². The van der Waals surface area contributed by atoms with Gasteiger partial charge >= 0.3 is 0 Å². The Bertz CT molecular complexity index is 596. The smallest absolute Gasteiger partial charge is 0.109 e. The van der Waals surface area contributed by atoms with Crippen LogP contribution in [0.25, 0.3) is 0 Å². The quantitative estimate of drug-likeness (QED) is 0.745. The van der Waals surface area contributed by atoms with Gasteiger partial charge in [-0.3, -0.25) is 0 Å². The summed E-state index contributed by atoms with van der Waals surface area (Å²) in [5.74, 6) is 0. The van der Waals surface area contributed by atoms with E-state index >= 15 is 0 Å². The fourth-order valence-electron chi connectivity index (χ4n) is 3.16. The fraction of sp³-hybridized carbons (Fsp3) is 0.400. The van der Waals surface area contributed by atoms with Gasteiger partial charge in [-0.1, -0.05) is 66.6 Å². The van der Waals surface area contributed by atoms with Crippen molar-refractivity contribution in [2.45, 2.75) is 25.4 Å². The number of benzene rings is 2. The topological polar surface area (TPSA) is 12.5 Å². The summed E-state index contributed by atoms with van der Waals surface area (Å²) in [4.78, 5) is 2.50. The summed E-state index contributed by atoms with van der Waals surface area (Å²) in [6.07, 6.45) is 3.89. The van der Waals surface area contributed by atoms with Gasteiger partial charge in [-0.15, -0.1) is 0 Å². The maximum atomic E-state index is 6.41. The Hall–Kier alpha value is -1.35. The minimum atomic E-state index is -0.102. The van der Waals surface area contributed by atoms with Gasteiger partial charge in [-0.25, -0.2) is 0 Å². The predicted octanol–water partition coefficient (Wildman–Crippen LogP) is 4.93. The summed E-state index contributed by atoms with van der Waals surface area (Å²) in [5, 5.41) is 0.763. The van der Waals surface area contributed by atoms with E-state index in [1.165, 1.54) is 32.4 Å². The van der Waals surface area contributed by atoms with Gasteiger partial charge in [0.1, 0.15) is 6.10 Å². The lowest BCUT2D eigenvalue weighted by molar-refractivity contribution is 0.0558. The fourth-order valence-corrected chi connectivity index (χ4v) is 3.40. The van der Waals surface area contributed by atoms with Crippen molar-refractivity contribution >= 4 is 11.6 Å². The van der Waals surface area contributed by atoms with Crippen LogP contribution in [0.2, 0.25) is 5.02 Å². The number of likely N-dealkylation sites (tertiary alicyclic amines) is 1. The molecule has 2 nitrogen and oxygen atoms in total. The number of hydrogen-bond acceptors (Lipinski definition) is 2. The second-order valence-electron chi connectivity index (χ2n) is 6.09. The average molecular weight is 330 g/mol. The molecule has 0 amide bonds. The maximum Gasteiger partial charge on any atom is 0.109 e. The van der Waals surface area contributed by atoms with E-state index in [9.17, 15) is 0 Å². The van der Waals surface area contributed by atoms with Crippen LogP contribution >= 0.6 is 11.6 Å². The molecular weight excluding hydrogens is 306 g/mol. The molecule has 1 aliphatic heterocycles.